The summed E-state index contributed by atoms with van der Waals surface area (Å²) in [5.41, 5.74) is 1.18. The zero-order chi connectivity index (χ0) is 14.1. The smallest absolute Gasteiger partial charge is 0.223 e. The molecule has 2 N–H and O–H groups in total. The van der Waals surface area contributed by atoms with E-state index in [1.807, 2.05) is 25.3 Å². The van der Waals surface area contributed by atoms with Crippen LogP contribution in [-0.4, -0.2) is 24.0 Å². The van der Waals surface area contributed by atoms with E-state index in [2.05, 4.69) is 29.5 Å². The lowest BCUT2D eigenvalue weighted by Gasteiger charge is -2.15. The highest BCUT2D eigenvalue weighted by Crippen LogP contribution is 2.08. The van der Waals surface area contributed by atoms with Gasteiger partial charge in [-0.25, -0.2) is 0 Å². The molecule has 0 aliphatic rings. The van der Waals surface area contributed by atoms with Gasteiger partial charge in [0.15, 0.2) is 0 Å². The molecule has 1 aromatic rings. The molecule has 1 atom stereocenters. The Morgan fingerprint density at radius 1 is 1.32 bits per heavy atom. The summed E-state index contributed by atoms with van der Waals surface area (Å²) in [6.45, 7) is 8.56. The molecule has 19 heavy (non-hydrogen) atoms. The van der Waals surface area contributed by atoms with Crippen LogP contribution >= 0.6 is 0 Å². The van der Waals surface area contributed by atoms with Crippen molar-refractivity contribution in [2.45, 2.75) is 33.7 Å². The summed E-state index contributed by atoms with van der Waals surface area (Å²) in [4.78, 5) is 15.8. The van der Waals surface area contributed by atoms with E-state index in [-0.39, 0.29) is 11.8 Å². The standard InChI is InChI=1S/C15H25N3O/c1-12(2)13(3)15(19)18-9-5-8-17-11-14-6-4-7-16-10-14/h4,6-7,10,12-13,17H,5,8-9,11H2,1-3H3,(H,18,19). The first-order valence-electron chi connectivity index (χ1n) is 6.98. The molecule has 0 fully saturated rings. The first kappa shape index (κ1) is 15.6. The van der Waals surface area contributed by atoms with Gasteiger partial charge in [-0.3, -0.25) is 9.78 Å². The second kappa shape index (κ2) is 8.64. The van der Waals surface area contributed by atoms with E-state index in [9.17, 15) is 4.79 Å². The van der Waals surface area contributed by atoms with Gasteiger partial charge >= 0.3 is 0 Å². The average molecular weight is 263 g/mol. The van der Waals surface area contributed by atoms with Crippen molar-refractivity contribution in [3.8, 4) is 0 Å². The number of hydrogen-bond donors (Lipinski definition) is 2. The van der Waals surface area contributed by atoms with Crippen molar-refractivity contribution in [2.75, 3.05) is 13.1 Å². The molecule has 106 valence electrons. The fourth-order valence-electron chi connectivity index (χ4n) is 1.62. The molecule has 1 rings (SSSR count). The molecule has 0 saturated heterocycles. The van der Waals surface area contributed by atoms with E-state index in [1.54, 1.807) is 6.20 Å². The highest BCUT2D eigenvalue weighted by Gasteiger charge is 2.15. The first-order valence-corrected chi connectivity index (χ1v) is 6.98. The van der Waals surface area contributed by atoms with Gasteiger partial charge in [0.1, 0.15) is 0 Å². The third-order valence-electron chi connectivity index (χ3n) is 3.30. The average Bonchev–Trinajstić information content (AvgIpc) is 2.42. The van der Waals surface area contributed by atoms with Crippen LogP contribution in [0.15, 0.2) is 24.5 Å². The molecule has 1 unspecified atom stereocenters. The number of carbonyl (C=O) groups excluding carboxylic acids is 1. The Kier molecular flexibility index (Phi) is 7.11. The Balaban J connectivity index is 2.04. The number of amides is 1. The second-order valence-electron chi connectivity index (χ2n) is 5.22. The summed E-state index contributed by atoms with van der Waals surface area (Å²) in [7, 11) is 0. The third kappa shape index (κ3) is 6.34. The molecule has 0 spiro atoms. The van der Waals surface area contributed by atoms with Crippen LogP contribution in [-0.2, 0) is 11.3 Å². The zero-order valence-corrected chi connectivity index (χ0v) is 12.1. The molecular formula is C15H25N3O. The van der Waals surface area contributed by atoms with Crippen molar-refractivity contribution in [3.63, 3.8) is 0 Å². The van der Waals surface area contributed by atoms with E-state index in [0.29, 0.717) is 5.92 Å². The molecule has 0 aliphatic carbocycles. The van der Waals surface area contributed by atoms with Crippen molar-refractivity contribution >= 4 is 5.91 Å². The minimum atomic E-state index is 0.0864. The third-order valence-corrected chi connectivity index (χ3v) is 3.30. The molecule has 0 bridgehead atoms. The summed E-state index contributed by atoms with van der Waals surface area (Å²) < 4.78 is 0. The van der Waals surface area contributed by atoms with Crippen molar-refractivity contribution < 1.29 is 4.79 Å². The Bertz CT molecular complexity index is 365. The number of rotatable bonds is 8. The number of aromatic nitrogens is 1. The maximum atomic E-state index is 11.7. The SMILES string of the molecule is CC(C)C(C)C(=O)NCCCNCc1cccnc1. The molecule has 4 heteroatoms. The summed E-state index contributed by atoms with van der Waals surface area (Å²) in [6.07, 6.45) is 4.57. The Morgan fingerprint density at radius 2 is 2.11 bits per heavy atom. The number of carbonyl (C=O) groups is 1. The monoisotopic (exact) mass is 263 g/mol. The maximum absolute atomic E-state index is 11.7. The lowest BCUT2D eigenvalue weighted by Crippen LogP contribution is -2.33. The number of nitrogens with zero attached hydrogens (tertiary/aromatic N) is 1. The van der Waals surface area contributed by atoms with Gasteiger partial charge in [0.2, 0.25) is 5.91 Å². The molecule has 4 nitrogen and oxygen atoms in total. The van der Waals surface area contributed by atoms with Crippen LogP contribution < -0.4 is 10.6 Å². The van der Waals surface area contributed by atoms with Crippen molar-refractivity contribution in [1.29, 1.82) is 0 Å². The van der Waals surface area contributed by atoms with Crippen LogP contribution in [0, 0.1) is 11.8 Å². The maximum Gasteiger partial charge on any atom is 0.223 e. The first-order chi connectivity index (χ1) is 9.11. The summed E-state index contributed by atoms with van der Waals surface area (Å²) in [6, 6.07) is 3.98. The normalized spacial score (nSPS) is 12.4. The fraction of sp³-hybridized carbons (Fsp3) is 0.600. The van der Waals surface area contributed by atoms with E-state index in [4.69, 9.17) is 0 Å². The molecule has 1 aromatic heterocycles. The van der Waals surface area contributed by atoms with Gasteiger partial charge < -0.3 is 10.6 Å². The fourth-order valence-corrected chi connectivity index (χ4v) is 1.62. The van der Waals surface area contributed by atoms with E-state index in [1.165, 1.54) is 5.56 Å². The van der Waals surface area contributed by atoms with Gasteiger partial charge in [0, 0.05) is 31.4 Å². The second-order valence-corrected chi connectivity index (χ2v) is 5.22. The Morgan fingerprint density at radius 3 is 2.74 bits per heavy atom. The van der Waals surface area contributed by atoms with Gasteiger partial charge in [-0.15, -0.1) is 0 Å². The Hall–Kier alpha value is -1.42. The van der Waals surface area contributed by atoms with Gasteiger partial charge in [0.05, 0.1) is 0 Å². The summed E-state index contributed by atoms with van der Waals surface area (Å²) in [5, 5.41) is 6.31. The van der Waals surface area contributed by atoms with Crippen LogP contribution in [0.25, 0.3) is 0 Å². The van der Waals surface area contributed by atoms with Gasteiger partial charge in [-0.05, 0) is 30.5 Å². The molecule has 0 saturated carbocycles. The highest BCUT2D eigenvalue weighted by atomic mass is 16.1. The lowest BCUT2D eigenvalue weighted by molar-refractivity contribution is -0.125. The van der Waals surface area contributed by atoms with Crippen molar-refractivity contribution in [3.05, 3.63) is 30.1 Å². The molecule has 0 aliphatic heterocycles. The van der Waals surface area contributed by atoms with Gasteiger partial charge in [-0.1, -0.05) is 26.8 Å². The molecule has 1 amide bonds. The predicted molar refractivity (Wildman–Crippen MR) is 77.6 cm³/mol. The zero-order valence-electron chi connectivity index (χ0n) is 12.1. The van der Waals surface area contributed by atoms with Gasteiger partial charge in [0.25, 0.3) is 0 Å². The van der Waals surface area contributed by atoms with Gasteiger partial charge in [-0.2, -0.15) is 0 Å². The summed E-state index contributed by atoms with van der Waals surface area (Å²) in [5.74, 6) is 0.634. The van der Waals surface area contributed by atoms with Crippen LogP contribution in [0.1, 0.15) is 32.8 Å². The number of pyridine rings is 1. The predicted octanol–water partition coefficient (Wildman–Crippen LogP) is 1.97. The molecular weight excluding hydrogens is 238 g/mol. The molecule has 1 heterocycles. The molecule has 0 aromatic carbocycles. The van der Waals surface area contributed by atoms with Crippen molar-refractivity contribution in [2.24, 2.45) is 11.8 Å². The number of nitrogens with one attached hydrogen (secondary N) is 2. The molecule has 0 radical (unpaired) electrons. The minimum Gasteiger partial charge on any atom is -0.356 e. The number of hydrogen-bond acceptors (Lipinski definition) is 3. The Labute approximate surface area is 116 Å². The quantitative estimate of drug-likeness (QED) is 0.705. The van der Waals surface area contributed by atoms with Crippen LogP contribution in [0.4, 0.5) is 0 Å². The topological polar surface area (TPSA) is 54.0 Å². The largest absolute Gasteiger partial charge is 0.356 e. The van der Waals surface area contributed by atoms with E-state index < -0.39 is 0 Å². The minimum absolute atomic E-state index is 0.0864. The van der Waals surface area contributed by atoms with Crippen LogP contribution in [0.2, 0.25) is 0 Å². The highest BCUT2D eigenvalue weighted by molar-refractivity contribution is 5.78. The van der Waals surface area contributed by atoms with E-state index in [0.717, 1.165) is 26.1 Å². The lowest BCUT2D eigenvalue weighted by atomic mass is 9.97. The summed E-state index contributed by atoms with van der Waals surface area (Å²) >= 11 is 0. The van der Waals surface area contributed by atoms with E-state index >= 15 is 0 Å². The van der Waals surface area contributed by atoms with Crippen LogP contribution in [0.3, 0.4) is 0 Å². The van der Waals surface area contributed by atoms with Crippen LogP contribution in [0.5, 0.6) is 0 Å². The van der Waals surface area contributed by atoms with Crippen molar-refractivity contribution in [1.82, 2.24) is 15.6 Å².